The normalized spacial score (nSPS) is 14.9. The second-order valence-electron chi connectivity index (χ2n) is 8.82. The van der Waals surface area contributed by atoms with Gasteiger partial charge in [0.2, 0.25) is 0 Å². The van der Waals surface area contributed by atoms with Crippen molar-refractivity contribution in [3.63, 3.8) is 0 Å². The minimum absolute atomic E-state index is 0.0716. The summed E-state index contributed by atoms with van der Waals surface area (Å²) in [7, 11) is 0. The van der Waals surface area contributed by atoms with Gasteiger partial charge in [0.1, 0.15) is 22.6 Å². The van der Waals surface area contributed by atoms with Gasteiger partial charge in [-0.3, -0.25) is 9.59 Å². The molecule has 1 atom stereocenters. The van der Waals surface area contributed by atoms with Crippen molar-refractivity contribution in [1.82, 2.24) is 14.4 Å². The van der Waals surface area contributed by atoms with E-state index in [0.717, 1.165) is 5.56 Å². The van der Waals surface area contributed by atoms with Crippen LogP contribution in [0.15, 0.2) is 59.3 Å². The molecule has 37 heavy (non-hydrogen) atoms. The number of aromatic nitrogens is 3. The molecule has 3 N–H and O–H groups in total. The lowest BCUT2D eigenvalue weighted by Crippen LogP contribution is -2.30. The third kappa shape index (κ3) is 3.82. The van der Waals surface area contributed by atoms with E-state index in [1.54, 1.807) is 40.8 Å². The highest BCUT2D eigenvalue weighted by molar-refractivity contribution is 6.19. The molecule has 5 aromatic rings. The number of pyridine rings is 1. The molecule has 1 aliphatic heterocycles. The van der Waals surface area contributed by atoms with Crippen LogP contribution < -0.4 is 10.2 Å². The van der Waals surface area contributed by atoms with Gasteiger partial charge in [-0.1, -0.05) is 0 Å². The lowest BCUT2D eigenvalue weighted by atomic mass is 10.0. The number of nitrogens with zero attached hydrogens (tertiary/aromatic N) is 4. The maximum atomic E-state index is 13.6. The van der Waals surface area contributed by atoms with Gasteiger partial charge < -0.3 is 29.2 Å². The van der Waals surface area contributed by atoms with Crippen LogP contribution >= 0.6 is 11.6 Å². The molecule has 1 aliphatic rings. The molecule has 0 spiro atoms. The summed E-state index contributed by atoms with van der Waals surface area (Å²) >= 11 is 6.25. The van der Waals surface area contributed by atoms with Crippen LogP contribution in [0.5, 0.6) is 11.5 Å². The Kier molecular flexibility index (Phi) is 5.27. The quantitative estimate of drug-likeness (QED) is 0.300. The maximum Gasteiger partial charge on any atom is 0.278 e. The number of carbonyl (C=O) groups is 2. The molecule has 0 aliphatic carbocycles. The van der Waals surface area contributed by atoms with E-state index >= 15 is 0 Å². The molecule has 0 saturated heterocycles. The first kappa shape index (κ1) is 22.9. The Morgan fingerprint density at radius 2 is 1.92 bits per heavy atom. The van der Waals surface area contributed by atoms with Crippen LogP contribution in [0, 0.1) is 6.92 Å². The molecule has 2 aromatic carbocycles. The molecule has 0 bridgehead atoms. The highest BCUT2D eigenvalue weighted by atomic mass is 35.5. The van der Waals surface area contributed by atoms with Crippen molar-refractivity contribution < 1.29 is 24.2 Å². The summed E-state index contributed by atoms with van der Waals surface area (Å²) in [5.74, 6) is -0.249. The number of nitrogens with one attached hydrogen (secondary N) is 1. The minimum Gasteiger partial charge on any atom is -0.508 e. The smallest absolute Gasteiger partial charge is 0.278 e. The Balaban J connectivity index is 1.31. The zero-order chi connectivity index (χ0) is 25.8. The molecule has 6 rings (SSSR count). The van der Waals surface area contributed by atoms with Crippen molar-refractivity contribution in [2.75, 3.05) is 22.6 Å². The summed E-state index contributed by atoms with van der Waals surface area (Å²) in [5, 5.41) is 22.7. The van der Waals surface area contributed by atoms with Gasteiger partial charge >= 0.3 is 0 Å². The molecular formula is C26H20ClN5O5. The van der Waals surface area contributed by atoms with E-state index in [2.05, 4.69) is 15.3 Å². The average Bonchev–Trinajstić information content (AvgIpc) is 3.58. The van der Waals surface area contributed by atoms with Gasteiger partial charge in [-0.2, -0.15) is 0 Å². The first-order chi connectivity index (χ1) is 17.8. The fourth-order valence-corrected chi connectivity index (χ4v) is 4.91. The zero-order valence-corrected chi connectivity index (χ0v) is 20.2. The Morgan fingerprint density at radius 1 is 1.14 bits per heavy atom. The van der Waals surface area contributed by atoms with Crippen LogP contribution in [0.2, 0.25) is 0 Å². The SMILES string of the molecule is Cc1nc2c3c(cc(O)c2o1)N(C(=O)c1cn2cc(NC(=O)c4ccc(O)cc4)ccc2n1)CC3CCl. The molecular weight excluding hydrogens is 498 g/mol. The van der Waals surface area contributed by atoms with E-state index in [1.165, 1.54) is 30.3 Å². The maximum absolute atomic E-state index is 13.6. The molecule has 186 valence electrons. The van der Waals surface area contributed by atoms with E-state index in [-0.39, 0.29) is 46.4 Å². The number of benzene rings is 2. The Hall–Kier alpha value is -4.57. The summed E-state index contributed by atoms with van der Waals surface area (Å²) in [6.45, 7) is 2.00. The monoisotopic (exact) mass is 517 g/mol. The van der Waals surface area contributed by atoms with Gasteiger partial charge in [0.05, 0.1) is 11.4 Å². The number of anilines is 2. The van der Waals surface area contributed by atoms with E-state index in [0.29, 0.717) is 40.5 Å². The second-order valence-corrected chi connectivity index (χ2v) is 9.13. The summed E-state index contributed by atoms with van der Waals surface area (Å²) < 4.78 is 7.19. The van der Waals surface area contributed by atoms with Crippen LogP contribution in [0.25, 0.3) is 16.7 Å². The molecule has 0 saturated carbocycles. The first-order valence-corrected chi connectivity index (χ1v) is 12.0. The van der Waals surface area contributed by atoms with E-state index < -0.39 is 0 Å². The van der Waals surface area contributed by atoms with Crippen molar-refractivity contribution in [2.45, 2.75) is 12.8 Å². The Bertz CT molecular complexity index is 1710. The van der Waals surface area contributed by atoms with E-state index in [9.17, 15) is 19.8 Å². The summed E-state index contributed by atoms with van der Waals surface area (Å²) in [6.07, 6.45) is 3.24. The number of oxazole rings is 1. The number of fused-ring (bicyclic) bond motifs is 4. The molecule has 11 heteroatoms. The largest absolute Gasteiger partial charge is 0.508 e. The van der Waals surface area contributed by atoms with Crippen LogP contribution in [0.4, 0.5) is 11.4 Å². The number of amides is 2. The number of alkyl halides is 1. The van der Waals surface area contributed by atoms with Crippen molar-refractivity contribution in [2.24, 2.45) is 0 Å². The first-order valence-electron chi connectivity index (χ1n) is 11.4. The lowest BCUT2D eigenvalue weighted by Gasteiger charge is -2.16. The summed E-state index contributed by atoms with van der Waals surface area (Å²) in [5.41, 5.74) is 3.66. The van der Waals surface area contributed by atoms with Crippen molar-refractivity contribution >= 4 is 51.5 Å². The van der Waals surface area contributed by atoms with Gasteiger partial charge in [0.15, 0.2) is 17.2 Å². The number of hydrogen-bond donors (Lipinski definition) is 3. The summed E-state index contributed by atoms with van der Waals surface area (Å²) in [6, 6.07) is 10.8. The fraction of sp³-hybridized carbons (Fsp3) is 0.154. The highest BCUT2D eigenvalue weighted by Gasteiger charge is 2.37. The number of halogens is 1. The second kappa shape index (κ2) is 8.52. The van der Waals surface area contributed by atoms with Crippen LogP contribution in [0.1, 0.15) is 38.2 Å². The van der Waals surface area contributed by atoms with Crippen LogP contribution in [-0.4, -0.2) is 48.8 Å². The van der Waals surface area contributed by atoms with Gasteiger partial charge in [0, 0.05) is 54.9 Å². The minimum atomic E-state index is -0.355. The van der Waals surface area contributed by atoms with Gasteiger partial charge in [-0.15, -0.1) is 11.6 Å². The highest BCUT2D eigenvalue weighted by Crippen LogP contribution is 2.45. The predicted molar refractivity (Wildman–Crippen MR) is 137 cm³/mol. The number of aromatic hydroxyl groups is 2. The van der Waals surface area contributed by atoms with Gasteiger partial charge in [-0.25, -0.2) is 9.97 Å². The number of phenolic OH excluding ortho intramolecular Hbond substituents is 2. The standard InChI is InChI=1S/C26H20ClN5O5/c1-13-28-23-22-15(9-27)10-32(19(22)8-20(34)24(23)37-13)26(36)18-12-31-11-16(4-7-21(31)30-18)29-25(35)14-2-5-17(33)6-3-14/h2-8,11-12,15,33-34H,9-10H2,1H3,(H,29,35). The molecule has 0 radical (unpaired) electrons. The Labute approximate surface area is 214 Å². The molecule has 10 nitrogen and oxygen atoms in total. The molecule has 2 amide bonds. The van der Waals surface area contributed by atoms with Crippen molar-refractivity contribution in [3.05, 3.63) is 77.6 Å². The number of hydrogen-bond acceptors (Lipinski definition) is 7. The molecule has 3 aromatic heterocycles. The topological polar surface area (TPSA) is 133 Å². The average molecular weight is 518 g/mol. The van der Waals surface area contributed by atoms with Crippen LogP contribution in [0.3, 0.4) is 0 Å². The van der Waals surface area contributed by atoms with Crippen LogP contribution in [-0.2, 0) is 0 Å². The van der Waals surface area contributed by atoms with Crippen molar-refractivity contribution in [3.8, 4) is 11.5 Å². The fourth-order valence-electron chi connectivity index (χ4n) is 4.65. The van der Waals surface area contributed by atoms with E-state index in [4.69, 9.17) is 16.0 Å². The number of aryl methyl sites for hydroxylation is 1. The number of carbonyl (C=O) groups excluding carboxylic acids is 2. The Morgan fingerprint density at radius 3 is 2.68 bits per heavy atom. The van der Waals surface area contributed by atoms with E-state index in [1.807, 2.05) is 0 Å². The number of rotatable bonds is 4. The third-order valence-corrected chi connectivity index (χ3v) is 6.73. The zero-order valence-electron chi connectivity index (χ0n) is 19.5. The molecule has 0 fully saturated rings. The number of phenols is 2. The predicted octanol–water partition coefficient (Wildman–Crippen LogP) is 4.43. The molecule has 4 heterocycles. The lowest BCUT2D eigenvalue weighted by molar-refractivity contribution is 0.0982. The van der Waals surface area contributed by atoms with Gasteiger partial charge in [-0.05, 0) is 36.4 Å². The van der Waals surface area contributed by atoms with Gasteiger partial charge in [0.25, 0.3) is 11.8 Å². The molecule has 1 unspecified atom stereocenters. The number of imidazole rings is 1. The summed E-state index contributed by atoms with van der Waals surface area (Å²) in [4.78, 5) is 36.5. The third-order valence-electron chi connectivity index (χ3n) is 6.36. The van der Waals surface area contributed by atoms with Crippen molar-refractivity contribution in [1.29, 1.82) is 0 Å².